The van der Waals surface area contributed by atoms with E-state index in [1.54, 1.807) is 16.4 Å². The zero-order valence-corrected chi connectivity index (χ0v) is 16.9. The first-order chi connectivity index (χ1) is 12.5. The minimum Gasteiger partial charge on any atom is -0.342 e. The summed E-state index contributed by atoms with van der Waals surface area (Å²) in [5.74, 6) is 1.04. The SMILES string of the molecule is CC1CCCN(C(=O)CSc2ccc(S(=O)(=O)N3CCCCC3)cn2)C1. The van der Waals surface area contributed by atoms with Crippen molar-refractivity contribution >= 4 is 27.7 Å². The van der Waals surface area contributed by atoms with Crippen molar-refractivity contribution in [1.29, 1.82) is 0 Å². The van der Waals surface area contributed by atoms with Gasteiger partial charge < -0.3 is 4.90 Å². The molecule has 0 aliphatic carbocycles. The number of hydrogen-bond acceptors (Lipinski definition) is 5. The van der Waals surface area contributed by atoms with Gasteiger partial charge in [0, 0.05) is 32.4 Å². The van der Waals surface area contributed by atoms with Gasteiger partial charge in [0.1, 0.15) is 4.90 Å². The number of hydrogen-bond donors (Lipinski definition) is 0. The average molecular weight is 398 g/mol. The van der Waals surface area contributed by atoms with Gasteiger partial charge in [-0.05, 0) is 43.7 Å². The number of sulfonamides is 1. The maximum absolute atomic E-state index is 12.6. The van der Waals surface area contributed by atoms with Crippen LogP contribution in [0.3, 0.4) is 0 Å². The molecular weight excluding hydrogens is 370 g/mol. The molecule has 3 heterocycles. The Morgan fingerprint density at radius 1 is 1.19 bits per heavy atom. The van der Waals surface area contributed by atoms with Gasteiger partial charge in [0.2, 0.25) is 15.9 Å². The molecule has 1 aromatic rings. The molecule has 144 valence electrons. The number of pyridine rings is 1. The second-order valence-corrected chi connectivity index (χ2v) is 10.1. The van der Waals surface area contributed by atoms with Gasteiger partial charge in [0.15, 0.2) is 0 Å². The number of thioether (sulfide) groups is 1. The van der Waals surface area contributed by atoms with Crippen LogP contribution in [0.2, 0.25) is 0 Å². The van der Waals surface area contributed by atoms with Crippen molar-refractivity contribution in [2.75, 3.05) is 31.9 Å². The Hall–Kier alpha value is -1.12. The first-order valence-corrected chi connectivity index (χ1v) is 11.8. The van der Waals surface area contributed by atoms with Gasteiger partial charge in [0.25, 0.3) is 0 Å². The Balaban J connectivity index is 1.56. The van der Waals surface area contributed by atoms with E-state index in [0.29, 0.717) is 29.8 Å². The van der Waals surface area contributed by atoms with E-state index in [-0.39, 0.29) is 10.8 Å². The number of nitrogens with zero attached hydrogens (tertiary/aromatic N) is 3. The number of carbonyl (C=O) groups is 1. The Morgan fingerprint density at radius 3 is 2.62 bits per heavy atom. The molecule has 3 rings (SSSR count). The van der Waals surface area contributed by atoms with Crippen molar-refractivity contribution in [1.82, 2.24) is 14.2 Å². The fourth-order valence-electron chi connectivity index (χ4n) is 3.50. The molecule has 1 atom stereocenters. The minimum atomic E-state index is -3.45. The highest BCUT2D eigenvalue weighted by atomic mass is 32.2. The van der Waals surface area contributed by atoms with Crippen LogP contribution in [0, 0.1) is 5.92 Å². The largest absolute Gasteiger partial charge is 0.342 e. The Labute approximate surface area is 160 Å². The van der Waals surface area contributed by atoms with Crippen LogP contribution in [0.4, 0.5) is 0 Å². The van der Waals surface area contributed by atoms with Crippen LogP contribution >= 0.6 is 11.8 Å². The fraction of sp³-hybridized carbons (Fsp3) is 0.667. The van der Waals surface area contributed by atoms with E-state index in [4.69, 9.17) is 0 Å². The van der Waals surface area contributed by atoms with Gasteiger partial charge in [-0.3, -0.25) is 4.79 Å². The molecule has 1 amide bonds. The number of likely N-dealkylation sites (tertiary alicyclic amines) is 1. The van der Waals surface area contributed by atoms with Crippen LogP contribution < -0.4 is 0 Å². The number of aromatic nitrogens is 1. The summed E-state index contributed by atoms with van der Waals surface area (Å²) in [4.78, 5) is 18.7. The summed E-state index contributed by atoms with van der Waals surface area (Å²) in [6.45, 7) is 5.02. The van der Waals surface area contributed by atoms with Gasteiger partial charge in [0.05, 0.1) is 10.8 Å². The van der Waals surface area contributed by atoms with E-state index in [1.165, 1.54) is 24.4 Å². The highest BCUT2D eigenvalue weighted by Crippen LogP contribution is 2.23. The standard InChI is InChI=1S/C18H27N3O3S2/c1-15-6-5-9-20(13-15)18(22)14-25-17-8-7-16(12-19-17)26(23,24)21-10-3-2-4-11-21/h7-8,12,15H,2-6,9-11,13-14H2,1H3. The van der Waals surface area contributed by atoms with E-state index in [9.17, 15) is 13.2 Å². The first-order valence-electron chi connectivity index (χ1n) is 9.33. The first kappa shape index (κ1) is 19.6. The normalized spacial score (nSPS) is 22.3. The quantitative estimate of drug-likeness (QED) is 0.714. The number of amides is 1. The van der Waals surface area contributed by atoms with Gasteiger partial charge >= 0.3 is 0 Å². The van der Waals surface area contributed by atoms with E-state index in [1.807, 2.05) is 4.90 Å². The van der Waals surface area contributed by atoms with Crippen molar-refractivity contribution in [3.05, 3.63) is 18.3 Å². The van der Waals surface area contributed by atoms with Gasteiger partial charge in [-0.1, -0.05) is 25.1 Å². The van der Waals surface area contributed by atoms with E-state index in [0.717, 1.165) is 38.8 Å². The monoisotopic (exact) mass is 397 g/mol. The van der Waals surface area contributed by atoms with E-state index >= 15 is 0 Å². The van der Waals surface area contributed by atoms with Crippen molar-refractivity contribution in [3.63, 3.8) is 0 Å². The summed E-state index contributed by atoms with van der Waals surface area (Å²) >= 11 is 1.37. The van der Waals surface area contributed by atoms with E-state index in [2.05, 4.69) is 11.9 Å². The fourth-order valence-corrected chi connectivity index (χ4v) is 5.71. The second-order valence-electron chi connectivity index (χ2n) is 7.17. The summed E-state index contributed by atoms with van der Waals surface area (Å²) in [6, 6.07) is 3.31. The van der Waals surface area contributed by atoms with Crippen molar-refractivity contribution in [2.45, 2.75) is 48.9 Å². The molecule has 0 N–H and O–H groups in total. The molecule has 2 fully saturated rings. The predicted molar refractivity (Wildman–Crippen MR) is 103 cm³/mol. The predicted octanol–water partition coefficient (Wildman–Crippen LogP) is 2.61. The van der Waals surface area contributed by atoms with Gasteiger partial charge in [-0.25, -0.2) is 13.4 Å². The van der Waals surface area contributed by atoms with Crippen LogP contribution in [0.15, 0.2) is 28.3 Å². The van der Waals surface area contributed by atoms with Crippen LogP contribution in [-0.4, -0.2) is 60.4 Å². The lowest BCUT2D eigenvalue weighted by Gasteiger charge is -2.30. The summed E-state index contributed by atoms with van der Waals surface area (Å²) in [7, 11) is -3.45. The highest BCUT2D eigenvalue weighted by molar-refractivity contribution is 7.99. The molecule has 0 radical (unpaired) electrons. The molecule has 2 aliphatic heterocycles. The topological polar surface area (TPSA) is 70.6 Å². The highest BCUT2D eigenvalue weighted by Gasteiger charge is 2.26. The molecule has 2 saturated heterocycles. The summed E-state index contributed by atoms with van der Waals surface area (Å²) in [5, 5.41) is 0.681. The third-order valence-electron chi connectivity index (χ3n) is 5.02. The van der Waals surface area contributed by atoms with Crippen molar-refractivity contribution in [2.24, 2.45) is 5.92 Å². The number of carbonyl (C=O) groups excluding carboxylic acids is 1. The Bertz CT molecular complexity index is 716. The summed E-state index contributed by atoms with van der Waals surface area (Å²) in [5.41, 5.74) is 0. The lowest BCUT2D eigenvalue weighted by Crippen LogP contribution is -2.40. The maximum Gasteiger partial charge on any atom is 0.244 e. The van der Waals surface area contributed by atoms with Crippen LogP contribution in [0.25, 0.3) is 0 Å². The smallest absolute Gasteiger partial charge is 0.244 e. The Morgan fingerprint density at radius 2 is 1.96 bits per heavy atom. The lowest BCUT2D eigenvalue weighted by atomic mass is 10.0. The molecule has 26 heavy (non-hydrogen) atoms. The Kier molecular flexibility index (Phi) is 6.58. The zero-order chi connectivity index (χ0) is 18.6. The molecule has 1 unspecified atom stereocenters. The van der Waals surface area contributed by atoms with Crippen molar-refractivity contribution < 1.29 is 13.2 Å². The molecule has 0 saturated carbocycles. The molecule has 0 aromatic carbocycles. The van der Waals surface area contributed by atoms with Crippen LogP contribution in [-0.2, 0) is 14.8 Å². The molecule has 1 aromatic heterocycles. The third-order valence-corrected chi connectivity index (χ3v) is 7.83. The maximum atomic E-state index is 12.6. The summed E-state index contributed by atoms with van der Waals surface area (Å²) in [6.07, 6.45) is 6.59. The summed E-state index contributed by atoms with van der Waals surface area (Å²) < 4.78 is 26.8. The molecule has 6 nitrogen and oxygen atoms in total. The minimum absolute atomic E-state index is 0.133. The van der Waals surface area contributed by atoms with Crippen LogP contribution in [0.5, 0.6) is 0 Å². The molecule has 8 heteroatoms. The molecule has 0 bridgehead atoms. The average Bonchev–Trinajstić information content (AvgIpc) is 2.67. The van der Waals surface area contributed by atoms with Gasteiger partial charge in [-0.2, -0.15) is 4.31 Å². The van der Waals surface area contributed by atoms with Gasteiger partial charge in [-0.15, -0.1) is 0 Å². The third kappa shape index (κ3) is 4.78. The van der Waals surface area contributed by atoms with E-state index < -0.39 is 10.0 Å². The lowest BCUT2D eigenvalue weighted by molar-refractivity contribution is -0.130. The van der Waals surface area contributed by atoms with Crippen LogP contribution in [0.1, 0.15) is 39.0 Å². The molecule has 2 aliphatic rings. The number of rotatable bonds is 5. The zero-order valence-electron chi connectivity index (χ0n) is 15.3. The molecule has 0 spiro atoms. The second kappa shape index (κ2) is 8.71. The molecular formula is C18H27N3O3S2. The number of piperidine rings is 2. The van der Waals surface area contributed by atoms with Crippen molar-refractivity contribution in [3.8, 4) is 0 Å².